The minimum absolute atomic E-state index is 0.0776. The number of nitrogens with zero attached hydrogens (tertiary/aromatic N) is 2. The number of rotatable bonds is 6. The van der Waals surface area contributed by atoms with Gasteiger partial charge in [-0.3, -0.25) is 15.2 Å². The predicted octanol–water partition coefficient (Wildman–Crippen LogP) is 1.95. The van der Waals surface area contributed by atoms with Gasteiger partial charge in [0.1, 0.15) is 5.69 Å². The van der Waals surface area contributed by atoms with E-state index in [0.29, 0.717) is 23.7 Å². The summed E-state index contributed by atoms with van der Waals surface area (Å²) in [5.74, 6) is 0.737. The summed E-state index contributed by atoms with van der Waals surface area (Å²) < 4.78 is 10.2. The molecule has 20 heavy (non-hydrogen) atoms. The Kier molecular flexibility index (Phi) is 4.04. The van der Waals surface area contributed by atoms with E-state index in [1.807, 2.05) is 0 Å². The van der Waals surface area contributed by atoms with Crippen molar-refractivity contribution in [3.05, 3.63) is 40.2 Å². The highest BCUT2D eigenvalue weighted by Crippen LogP contribution is 2.37. The molecular weight excluding hydrogens is 264 g/mol. The number of aromatic nitrogens is 2. The summed E-state index contributed by atoms with van der Waals surface area (Å²) in [5.41, 5.74) is 1.16. The Bertz CT molecular complexity index is 598. The van der Waals surface area contributed by atoms with E-state index in [1.54, 1.807) is 12.4 Å². The van der Waals surface area contributed by atoms with Crippen LogP contribution in [0.4, 0.5) is 11.4 Å². The third-order valence-corrected chi connectivity index (χ3v) is 2.74. The molecule has 0 fully saturated rings. The monoisotopic (exact) mass is 278 g/mol. The van der Waals surface area contributed by atoms with E-state index in [1.165, 1.54) is 26.4 Å². The lowest BCUT2D eigenvalue weighted by atomic mass is 10.2. The molecule has 1 aromatic heterocycles. The number of H-pyrrole nitrogens is 1. The quantitative estimate of drug-likeness (QED) is 0.618. The molecule has 0 atom stereocenters. The molecule has 0 aliphatic carbocycles. The Balaban J connectivity index is 2.31. The second-order valence-corrected chi connectivity index (χ2v) is 3.94. The second kappa shape index (κ2) is 5.91. The van der Waals surface area contributed by atoms with Crippen molar-refractivity contribution in [2.75, 3.05) is 19.5 Å². The first-order chi connectivity index (χ1) is 9.65. The summed E-state index contributed by atoms with van der Waals surface area (Å²) in [6, 6.07) is 2.87. The number of hydrogen-bond acceptors (Lipinski definition) is 6. The van der Waals surface area contributed by atoms with E-state index < -0.39 is 4.92 Å². The van der Waals surface area contributed by atoms with Gasteiger partial charge in [0.15, 0.2) is 11.5 Å². The Morgan fingerprint density at radius 3 is 2.60 bits per heavy atom. The van der Waals surface area contributed by atoms with Crippen LogP contribution in [0.5, 0.6) is 11.5 Å². The topological polar surface area (TPSA) is 102 Å². The molecule has 0 radical (unpaired) electrons. The predicted molar refractivity (Wildman–Crippen MR) is 72.1 cm³/mol. The lowest BCUT2D eigenvalue weighted by molar-refractivity contribution is -0.384. The number of nitro benzene ring substituents is 1. The maximum absolute atomic E-state index is 11.1. The van der Waals surface area contributed by atoms with Crippen LogP contribution in [0, 0.1) is 10.1 Å². The van der Waals surface area contributed by atoms with Crippen molar-refractivity contribution in [3.63, 3.8) is 0 Å². The molecule has 0 saturated carbocycles. The molecule has 0 spiro atoms. The lowest BCUT2D eigenvalue weighted by Gasteiger charge is -2.11. The van der Waals surface area contributed by atoms with Crippen molar-refractivity contribution >= 4 is 11.4 Å². The molecule has 2 aromatic rings. The Morgan fingerprint density at radius 1 is 1.35 bits per heavy atom. The molecule has 1 aromatic carbocycles. The molecule has 106 valence electrons. The maximum Gasteiger partial charge on any atom is 0.296 e. The highest BCUT2D eigenvalue weighted by molar-refractivity contribution is 5.68. The van der Waals surface area contributed by atoms with Crippen molar-refractivity contribution in [3.8, 4) is 11.5 Å². The van der Waals surface area contributed by atoms with Gasteiger partial charge >= 0.3 is 0 Å². The third kappa shape index (κ3) is 2.79. The fraction of sp³-hybridized carbons (Fsp3) is 0.250. The van der Waals surface area contributed by atoms with Gasteiger partial charge in [-0.05, 0) is 0 Å². The molecule has 0 aliphatic heterocycles. The fourth-order valence-electron chi connectivity index (χ4n) is 1.73. The molecule has 2 N–H and O–H groups in total. The summed E-state index contributed by atoms with van der Waals surface area (Å²) >= 11 is 0. The highest BCUT2D eigenvalue weighted by atomic mass is 16.6. The summed E-state index contributed by atoms with van der Waals surface area (Å²) in [6.45, 7) is 0.410. The minimum Gasteiger partial charge on any atom is -0.493 e. The van der Waals surface area contributed by atoms with Gasteiger partial charge in [0.25, 0.3) is 5.69 Å². The van der Waals surface area contributed by atoms with Crippen molar-refractivity contribution in [2.45, 2.75) is 6.54 Å². The van der Waals surface area contributed by atoms with E-state index in [0.717, 1.165) is 5.56 Å². The average Bonchev–Trinajstić information content (AvgIpc) is 2.97. The molecular formula is C12H14N4O4. The summed E-state index contributed by atoms with van der Waals surface area (Å²) in [4.78, 5) is 10.6. The largest absolute Gasteiger partial charge is 0.493 e. The minimum atomic E-state index is -0.473. The van der Waals surface area contributed by atoms with Crippen molar-refractivity contribution in [1.29, 1.82) is 0 Å². The Labute approximate surface area is 114 Å². The molecule has 0 amide bonds. The lowest BCUT2D eigenvalue weighted by Crippen LogP contribution is -2.03. The number of methoxy groups -OCH3 is 2. The molecule has 2 rings (SSSR count). The zero-order chi connectivity index (χ0) is 14.5. The van der Waals surface area contributed by atoms with Crippen LogP contribution in [0.25, 0.3) is 0 Å². The summed E-state index contributed by atoms with van der Waals surface area (Å²) in [5, 5.41) is 20.6. The third-order valence-electron chi connectivity index (χ3n) is 2.74. The van der Waals surface area contributed by atoms with Crippen LogP contribution in [0.2, 0.25) is 0 Å². The Hall–Kier alpha value is -2.77. The van der Waals surface area contributed by atoms with Gasteiger partial charge in [-0.15, -0.1) is 0 Å². The second-order valence-electron chi connectivity index (χ2n) is 3.94. The molecule has 0 bridgehead atoms. The van der Waals surface area contributed by atoms with Gasteiger partial charge in [0.05, 0.1) is 31.4 Å². The van der Waals surface area contributed by atoms with E-state index in [9.17, 15) is 10.1 Å². The number of nitrogens with one attached hydrogen (secondary N) is 2. The highest BCUT2D eigenvalue weighted by Gasteiger charge is 2.19. The van der Waals surface area contributed by atoms with Crippen LogP contribution < -0.4 is 14.8 Å². The molecule has 8 heteroatoms. The van der Waals surface area contributed by atoms with E-state index >= 15 is 0 Å². The van der Waals surface area contributed by atoms with Crippen LogP contribution in [0.15, 0.2) is 24.5 Å². The van der Waals surface area contributed by atoms with Gasteiger partial charge in [0, 0.05) is 24.4 Å². The van der Waals surface area contributed by atoms with Crippen LogP contribution in [-0.4, -0.2) is 29.3 Å². The number of anilines is 1. The van der Waals surface area contributed by atoms with Crippen LogP contribution in [0.1, 0.15) is 5.56 Å². The summed E-state index contributed by atoms with van der Waals surface area (Å²) in [6.07, 6.45) is 3.35. The SMILES string of the molecule is COc1cc(NCc2cn[nH]c2)c([N+](=O)[O-])cc1OC. The molecule has 0 unspecified atom stereocenters. The summed E-state index contributed by atoms with van der Waals surface area (Å²) in [7, 11) is 2.91. The standard InChI is InChI=1S/C12H14N4O4/c1-19-11-3-9(13-5-8-6-14-15-7-8)10(16(17)18)4-12(11)20-2/h3-4,6-7,13H,5H2,1-2H3,(H,14,15). The molecule has 1 heterocycles. The van der Waals surface area contributed by atoms with Gasteiger partial charge in [-0.25, -0.2) is 0 Å². The van der Waals surface area contributed by atoms with Gasteiger partial charge in [0.2, 0.25) is 0 Å². The van der Waals surface area contributed by atoms with E-state index in [-0.39, 0.29) is 5.69 Å². The fourth-order valence-corrected chi connectivity index (χ4v) is 1.73. The molecule has 0 aliphatic rings. The van der Waals surface area contributed by atoms with Crippen LogP contribution >= 0.6 is 0 Å². The molecule has 0 saturated heterocycles. The smallest absolute Gasteiger partial charge is 0.296 e. The van der Waals surface area contributed by atoms with Crippen molar-refractivity contribution < 1.29 is 14.4 Å². The van der Waals surface area contributed by atoms with Crippen LogP contribution in [-0.2, 0) is 6.54 Å². The average molecular weight is 278 g/mol. The van der Waals surface area contributed by atoms with Gasteiger partial charge < -0.3 is 14.8 Å². The molecule has 8 nitrogen and oxygen atoms in total. The van der Waals surface area contributed by atoms with Crippen LogP contribution in [0.3, 0.4) is 0 Å². The Morgan fingerprint density at radius 2 is 2.05 bits per heavy atom. The van der Waals surface area contributed by atoms with Crippen molar-refractivity contribution in [2.24, 2.45) is 0 Å². The number of aromatic amines is 1. The number of nitro groups is 1. The number of ether oxygens (including phenoxy) is 2. The van der Waals surface area contributed by atoms with Crippen molar-refractivity contribution in [1.82, 2.24) is 10.2 Å². The normalized spacial score (nSPS) is 10.1. The van der Waals surface area contributed by atoms with E-state index in [4.69, 9.17) is 9.47 Å². The first-order valence-electron chi connectivity index (χ1n) is 5.77. The zero-order valence-electron chi connectivity index (χ0n) is 11.0. The zero-order valence-corrected chi connectivity index (χ0v) is 11.0. The van der Waals surface area contributed by atoms with Gasteiger partial charge in [-0.1, -0.05) is 0 Å². The first kappa shape index (κ1) is 13.7. The maximum atomic E-state index is 11.1. The number of hydrogen-bond donors (Lipinski definition) is 2. The first-order valence-corrected chi connectivity index (χ1v) is 5.77. The number of benzene rings is 1. The van der Waals surface area contributed by atoms with Gasteiger partial charge in [-0.2, -0.15) is 5.10 Å². The van der Waals surface area contributed by atoms with E-state index in [2.05, 4.69) is 15.5 Å².